The van der Waals surface area contributed by atoms with Crippen LogP contribution in [0.4, 0.5) is 0 Å². The van der Waals surface area contributed by atoms with Gasteiger partial charge in [-0.05, 0) is 43.5 Å². The number of nitrogens with one attached hydrogen (secondary N) is 1. The van der Waals surface area contributed by atoms with E-state index in [0.717, 1.165) is 36.6 Å². The second kappa shape index (κ2) is 7.06. The second-order valence-electron chi connectivity index (χ2n) is 5.31. The molecule has 2 rings (SSSR count). The number of rotatable bonds is 4. The first kappa shape index (κ1) is 14.5. The van der Waals surface area contributed by atoms with Gasteiger partial charge in [-0.1, -0.05) is 28.9 Å². The van der Waals surface area contributed by atoms with Crippen LogP contribution in [0.15, 0.2) is 28.7 Å². The van der Waals surface area contributed by atoms with Crippen LogP contribution in [0, 0.1) is 5.92 Å². The summed E-state index contributed by atoms with van der Waals surface area (Å²) in [5, 5.41) is 2.99. The fourth-order valence-corrected chi connectivity index (χ4v) is 2.95. The van der Waals surface area contributed by atoms with Crippen LogP contribution in [0.2, 0.25) is 0 Å². The Morgan fingerprint density at radius 3 is 3.11 bits per heavy atom. The van der Waals surface area contributed by atoms with Crippen LogP contribution in [0.25, 0.3) is 0 Å². The Kier molecular flexibility index (Phi) is 5.40. The van der Waals surface area contributed by atoms with Crippen LogP contribution in [0.3, 0.4) is 0 Å². The average Bonchev–Trinajstić information content (AvgIpc) is 2.38. The minimum Gasteiger partial charge on any atom is -0.351 e. The maximum atomic E-state index is 12.0. The molecule has 1 amide bonds. The van der Waals surface area contributed by atoms with Crippen molar-refractivity contribution < 1.29 is 4.79 Å². The maximum absolute atomic E-state index is 12.0. The number of amides is 1. The highest BCUT2D eigenvalue weighted by Gasteiger charge is 2.15. The lowest BCUT2D eigenvalue weighted by Crippen LogP contribution is -2.40. The number of carbonyl (C=O) groups excluding carboxylic acids is 1. The fraction of sp³-hybridized carbons (Fsp3) is 0.533. The number of benzene rings is 1. The lowest BCUT2D eigenvalue weighted by molar-refractivity contribution is 0.0943. The van der Waals surface area contributed by atoms with Gasteiger partial charge in [0.2, 0.25) is 0 Å². The van der Waals surface area contributed by atoms with E-state index < -0.39 is 0 Å². The third-order valence-electron chi connectivity index (χ3n) is 3.54. The zero-order valence-corrected chi connectivity index (χ0v) is 12.9. The Morgan fingerprint density at radius 1 is 1.53 bits per heavy atom. The van der Waals surface area contributed by atoms with E-state index in [0.29, 0.717) is 5.56 Å². The Balaban J connectivity index is 1.75. The molecule has 0 aromatic heterocycles. The van der Waals surface area contributed by atoms with E-state index in [1.807, 2.05) is 24.3 Å². The van der Waals surface area contributed by atoms with E-state index in [2.05, 4.69) is 33.1 Å². The summed E-state index contributed by atoms with van der Waals surface area (Å²) in [6.45, 7) is 6.29. The van der Waals surface area contributed by atoms with Crippen molar-refractivity contribution in [2.45, 2.75) is 19.8 Å². The van der Waals surface area contributed by atoms with Crippen LogP contribution in [-0.4, -0.2) is 37.0 Å². The molecule has 0 spiro atoms. The molecule has 1 aliphatic rings. The molecule has 1 heterocycles. The van der Waals surface area contributed by atoms with Crippen LogP contribution < -0.4 is 5.32 Å². The molecule has 1 N–H and O–H groups in total. The second-order valence-corrected chi connectivity index (χ2v) is 6.23. The largest absolute Gasteiger partial charge is 0.351 e. The first-order chi connectivity index (χ1) is 9.15. The summed E-state index contributed by atoms with van der Waals surface area (Å²) >= 11 is 3.38. The minimum atomic E-state index is 0.00589. The number of hydrogen-bond acceptors (Lipinski definition) is 2. The van der Waals surface area contributed by atoms with Crippen molar-refractivity contribution in [3.8, 4) is 0 Å². The van der Waals surface area contributed by atoms with Crippen molar-refractivity contribution in [3.63, 3.8) is 0 Å². The molecule has 0 bridgehead atoms. The number of halogens is 1. The lowest BCUT2D eigenvalue weighted by atomic mass is 10.0. The first-order valence-electron chi connectivity index (χ1n) is 6.91. The van der Waals surface area contributed by atoms with Gasteiger partial charge >= 0.3 is 0 Å². The molecule has 4 heteroatoms. The molecule has 1 fully saturated rings. The third kappa shape index (κ3) is 4.62. The highest BCUT2D eigenvalue weighted by molar-refractivity contribution is 9.10. The molecule has 0 aliphatic carbocycles. The minimum absolute atomic E-state index is 0.00589. The first-order valence-corrected chi connectivity index (χ1v) is 7.70. The van der Waals surface area contributed by atoms with Crippen molar-refractivity contribution in [3.05, 3.63) is 34.3 Å². The maximum Gasteiger partial charge on any atom is 0.251 e. The number of likely N-dealkylation sites (tertiary alicyclic amines) is 1. The van der Waals surface area contributed by atoms with E-state index in [-0.39, 0.29) is 5.91 Å². The quantitative estimate of drug-likeness (QED) is 0.923. The zero-order valence-electron chi connectivity index (χ0n) is 11.4. The molecule has 19 heavy (non-hydrogen) atoms. The molecule has 1 unspecified atom stereocenters. The van der Waals surface area contributed by atoms with Crippen molar-refractivity contribution in [1.29, 1.82) is 0 Å². The Bertz CT molecular complexity index is 436. The van der Waals surface area contributed by atoms with Gasteiger partial charge in [-0.2, -0.15) is 0 Å². The Hall–Kier alpha value is -0.870. The molecule has 1 aromatic carbocycles. The topological polar surface area (TPSA) is 32.3 Å². The van der Waals surface area contributed by atoms with Crippen molar-refractivity contribution in [2.75, 3.05) is 26.2 Å². The lowest BCUT2D eigenvalue weighted by Gasteiger charge is -2.30. The van der Waals surface area contributed by atoms with E-state index in [1.165, 1.54) is 12.8 Å². The predicted molar refractivity (Wildman–Crippen MR) is 81.3 cm³/mol. The molecule has 0 radical (unpaired) electrons. The molecule has 1 saturated heterocycles. The van der Waals surface area contributed by atoms with Gasteiger partial charge in [-0.25, -0.2) is 0 Å². The molecule has 0 saturated carbocycles. The van der Waals surface area contributed by atoms with Gasteiger partial charge in [0.25, 0.3) is 5.91 Å². The summed E-state index contributed by atoms with van der Waals surface area (Å²) in [6, 6.07) is 7.48. The van der Waals surface area contributed by atoms with Gasteiger partial charge in [0.05, 0.1) is 0 Å². The number of hydrogen-bond donors (Lipinski definition) is 1. The smallest absolute Gasteiger partial charge is 0.251 e. The van der Waals surface area contributed by atoms with Gasteiger partial charge in [-0.3, -0.25) is 4.79 Å². The Labute approximate surface area is 123 Å². The van der Waals surface area contributed by atoms with E-state index in [1.54, 1.807) is 0 Å². The van der Waals surface area contributed by atoms with Crippen LogP contribution in [0.5, 0.6) is 0 Å². The van der Waals surface area contributed by atoms with Gasteiger partial charge in [0, 0.05) is 29.7 Å². The summed E-state index contributed by atoms with van der Waals surface area (Å²) < 4.78 is 0.935. The number of piperidine rings is 1. The van der Waals surface area contributed by atoms with Crippen LogP contribution in [-0.2, 0) is 0 Å². The number of carbonyl (C=O) groups is 1. The molecular weight excluding hydrogens is 304 g/mol. The van der Waals surface area contributed by atoms with E-state index in [9.17, 15) is 4.79 Å². The summed E-state index contributed by atoms with van der Waals surface area (Å²) in [7, 11) is 0. The summed E-state index contributed by atoms with van der Waals surface area (Å²) in [4.78, 5) is 14.4. The van der Waals surface area contributed by atoms with Gasteiger partial charge < -0.3 is 10.2 Å². The molecular formula is C15H21BrN2O. The monoisotopic (exact) mass is 324 g/mol. The molecule has 1 aromatic rings. The van der Waals surface area contributed by atoms with Crippen LogP contribution >= 0.6 is 15.9 Å². The predicted octanol–water partition coefficient (Wildman–Crippen LogP) is 2.91. The van der Waals surface area contributed by atoms with E-state index in [4.69, 9.17) is 0 Å². The average molecular weight is 325 g/mol. The highest BCUT2D eigenvalue weighted by Crippen LogP contribution is 2.14. The molecule has 1 atom stereocenters. The highest BCUT2D eigenvalue weighted by atomic mass is 79.9. The molecule has 3 nitrogen and oxygen atoms in total. The standard InChI is InChI=1S/C15H21BrN2O/c1-12-4-3-8-18(11-12)9-7-17-15(19)13-5-2-6-14(16)10-13/h2,5-6,10,12H,3-4,7-9,11H2,1H3,(H,17,19). The Morgan fingerprint density at radius 2 is 2.37 bits per heavy atom. The van der Waals surface area contributed by atoms with Crippen molar-refractivity contribution in [1.82, 2.24) is 10.2 Å². The number of nitrogens with zero attached hydrogens (tertiary/aromatic N) is 1. The molecule has 1 aliphatic heterocycles. The van der Waals surface area contributed by atoms with Gasteiger partial charge in [0.15, 0.2) is 0 Å². The summed E-state index contributed by atoms with van der Waals surface area (Å²) in [5.41, 5.74) is 0.710. The zero-order chi connectivity index (χ0) is 13.7. The van der Waals surface area contributed by atoms with Crippen molar-refractivity contribution in [2.24, 2.45) is 5.92 Å². The van der Waals surface area contributed by atoms with Gasteiger partial charge in [0.1, 0.15) is 0 Å². The normalized spacial score (nSPS) is 20.2. The van der Waals surface area contributed by atoms with E-state index >= 15 is 0 Å². The fourth-order valence-electron chi connectivity index (χ4n) is 2.55. The van der Waals surface area contributed by atoms with Crippen LogP contribution in [0.1, 0.15) is 30.1 Å². The summed E-state index contributed by atoms with van der Waals surface area (Å²) in [5.74, 6) is 0.792. The summed E-state index contributed by atoms with van der Waals surface area (Å²) in [6.07, 6.45) is 2.61. The SMILES string of the molecule is CC1CCCN(CCNC(=O)c2cccc(Br)c2)C1. The third-order valence-corrected chi connectivity index (χ3v) is 4.03. The molecule has 104 valence electrons. The van der Waals surface area contributed by atoms with Gasteiger partial charge in [-0.15, -0.1) is 0 Å². The van der Waals surface area contributed by atoms with Crippen molar-refractivity contribution >= 4 is 21.8 Å².